The van der Waals surface area contributed by atoms with Gasteiger partial charge in [-0.2, -0.15) is 0 Å². The van der Waals surface area contributed by atoms with Gasteiger partial charge in [-0.05, 0) is 67.4 Å². The minimum absolute atomic E-state index is 0.0459. The third-order valence-electron chi connectivity index (χ3n) is 8.74. The lowest BCUT2D eigenvalue weighted by Crippen LogP contribution is -2.59. The van der Waals surface area contributed by atoms with Crippen LogP contribution in [0.25, 0.3) is 0 Å². The van der Waals surface area contributed by atoms with E-state index in [1.807, 2.05) is 6.92 Å². The third-order valence-corrected chi connectivity index (χ3v) is 8.74. The summed E-state index contributed by atoms with van der Waals surface area (Å²) in [4.78, 5) is 49.9. The van der Waals surface area contributed by atoms with Crippen molar-refractivity contribution in [1.82, 2.24) is 0 Å². The first-order chi connectivity index (χ1) is 13.5. The third kappa shape index (κ3) is 2.45. The summed E-state index contributed by atoms with van der Waals surface area (Å²) < 4.78 is 5.77. The molecule has 6 atom stereocenters. The smallest absolute Gasteiger partial charge is 0.303 e. The second-order valence-corrected chi connectivity index (χ2v) is 10.0. The molecule has 3 fully saturated rings. The van der Waals surface area contributed by atoms with Crippen LogP contribution in [0, 0.1) is 28.6 Å². The van der Waals surface area contributed by atoms with Crippen LogP contribution in [0.5, 0.6) is 0 Å². The van der Waals surface area contributed by atoms with Gasteiger partial charge in [-0.3, -0.25) is 19.2 Å². The summed E-state index contributed by atoms with van der Waals surface area (Å²) >= 11 is 0. The van der Waals surface area contributed by atoms with E-state index in [9.17, 15) is 19.2 Å². The fourth-order valence-electron chi connectivity index (χ4n) is 7.46. The molecule has 0 amide bonds. The van der Waals surface area contributed by atoms with Crippen LogP contribution in [-0.2, 0) is 23.9 Å². The number of carbonyl (C=O) groups is 4. The van der Waals surface area contributed by atoms with Crippen molar-refractivity contribution in [3.05, 3.63) is 23.8 Å². The molecular weight excluding hydrogens is 368 g/mol. The molecule has 5 nitrogen and oxygen atoms in total. The van der Waals surface area contributed by atoms with Crippen molar-refractivity contribution in [3.8, 4) is 0 Å². The molecule has 0 N–H and O–H groups in total. The Hall–Kier alpha value is -2.04. The molecule has 0 aliphatic heterocycles. The van der Waals surface area contributed by atoms with Gasteiger partial charge in [-0.25, -0.2) is 0 Å². The van der Waals surface area contributed by atoms with Gasteiger partial charge in [0.05, 0.1) is 0 Å². The average Bonchev–Trinajstić information content (AvgIpc) is 2.85. The van der Waals surface area contributed by atoms with Crippen LogP contribution in [0.4, 0.5) is 0 Å². The summed E-state index contributed by atoms with van der Waals surface area (Å²) in [6.07, 6.45) is 5.33. The molecule has 4 aliphatic rings. The molecule has 0 aromatic carbocycles. The van der Waals surface area contributed by atoms with E-state index in [4.69, 9.17) is 4.74 Å². The van der Waals surface area contributed by atoms with Crippen molar-refractivity contribution in [2.24, 2.45) is 28.6 Å². The number of carbonyl (C=O) groups excluding carboxylic acids is 4. The fraction of sp³-hybridized carbons (Fsp3) is 0.667. The molecule has 4 rings (SSSR count). The molecule has 0 saturated heterocycles. The van der Waals surface area contributed by atoms with Crippen molar-refractivity contribution in [2.75, 3.05) is 0 Å². The second-order valence-electron chi connectivity index (χ2n) is 10.0. The Morgan fingerprint density at radius 1 is 1.10 bits per heavy atom. The van der Waals surface area contributed by atoms with Crippen molar-refractivity contribution < 1.29 is 23.9 Å². The number of ketones is 3. The molecule has 0 heterocycles. The molecule has 156 valence electrons. The van der Waals surface area contributed by atoms with E-state index >= 15 is 0 Å². The highest BCUT2D eigenvalue weighted by atomic mass is 16.6. The van der Waals surface area contributed by atoms with Gasteiger partial charge in [0, 0.05) is 30.8 Å². The highest BCUT2D eigenvalue weighted by Crippen LogP contribution is 2.68. The minimum Gasteiger partial charge on any atom is -0.446 e. The predicted octanol–water partition coefficient (Wildman–Crippen LogP) is 3.75. The minimum atomic E-state index is -1.31. The summed E-state index contributed by atoms with van der Waals surface area (Å²) in [5.74, 6) is -0.118. The lowest BCUT2D eigenvalue weighted by molar-refractivity contribution is -0.182. The van der Waals surface area contributed by atoms with Gasteiger partial charge >= 0.3 is 5.97 Å². The van der Waals surface area contributed by atoms with Crippen LogP contribution in [0.1, 0.15) is 66.2 Å². The molecule has 4 aliphatic carbocycles. The Labute approximate surface area is 171 Å². The first-order valence-electron chi connectivity index (χ1n) is 10.6. The quantitative estimate of drug-likeness (QED) is 0.523. The average molecular weight is 398 g/mol. The second kappa shape index (κ2) is 6.23. The Balaban J connectivity index is 1.79. The van der Waals surface area contributed by atoms with Gasteiger partial charge in [0.25, 0.3) is 0 Å². The number of rotatable bonds is 2. The molecule has 6 unspecified atom stereocenters. The Kier molecular flexibility index (Phi) is 4.35. The van der Waals surface area contributed by atoms with Gasteiger partial charge in [-0.15, -0.1) is 0 Å². The van der Waals surface area contributed by atoms with Crippen LogP contribution in [0.15, 0.2) is 23.8 Å². The van der Waals surface area contributed by atoms with E-state index < -0.39 is 17.0 Å². The normalized spacial score (nSPS) is 43.8. The molecule has 5 heteroatoms. The van der Waals surface area contributed by atoms with E-state index in [1.165, 1.54) is 13.8 Å². The fourth-order valence-corrected chi connectivity index (χ4v) is 7.46. The topological polar surface area (TPSA) is 77.5 Å². The molecule has 0 aromatic rings. The number of allylic oxidation sites excluding steroid dienone is 1. The monoisotopic (exact) mass is 398 g/mol. The highest BCUT2D eigenvalue weighted by Gasteiger charge is 2.70. The lowest BCUT2D eigenvalue weighted by atomic mass is 9.46. The van der Waals surface area contributed by atoms with Crippen LogP contribution in [-0.4, -0.2) is 28.9 Å². The van der Waals surface area contributed by atoms with Gasteiger partial charge in [0.2, 0.25) is 0 Å². The van der Waals surface area contributed by atoms with Crippen molar-refractivity contribution in [3.63, 3.8) is 0 Å². The summed E-state index contributed by atoms with van der Waals surface area (Å²) in [6.45, 7) is 11.2. The van der Waals surface area contributed by atoms with E-state index in [1.54, 1.807) is 6.08 Å². The number of hydrogen-bond acceptors (Lipinski definition) is 5. The van der Waals surface area contributed by atoms with E-state index in [-0.39, 0.29) is 40.5 Å². The van der Waals surface area contributed by atoms with Crippen molar-refractivity contribution >= 4 is 23.3 Å². The number of fused-ring (bicyclic) bond motifs is 5. The van der Waals surface area contributed by atoms with Gasteiger partial charge in [0.1, 0.15) is 0 Å². The van der Waals surface area contributed by atoms with Crippen LogP contribution in [0.3, 0.4) is 0 Å². The van der Waals surface area contributed by atoms with Crippen molar-refractivity contribution in [1.29, 1.82) is 0 Å². The molecule has 0 bridgehead atoms. The van der Waals surface area contributed by atoms with E-state index in [2.05, 4.69) is 13.5 Å². The van der Waals surface area contributed by atoms with Crippen LogP contribution in [0.2, 0.25) is 0 Å². The molecular formula is C24H30O5. The predicted molar refractivity (Wildman–Crippen MR) is 107 cm³/mol. The maximum absolute atomic E-state index is 13.1. The first kappa shape index (κ1) is 20.2. The molecule has 29 heavy (non-hydrogen) atoms. The molecule has 0 spiro atoms. The SMILES string of the molecule is C=C1CC2C3CC(=O)C4=CC(=O)CCC4(C)C3CCC2(C)C1(OC(C)=O)C(C)=O. The zero-order chi connectivity index (χ0) is 21.4. The summed E-state index contributed by atoms with van der Waals surface area (Å²) in [5.41, 5.74) is -0.805. The number of hydrogen-bond donors (Lipinski definition) is 0. The van der Waals surface area contributed by atoms with Crippen LogP contribution >= 0.6 is 0 Å². The Morgan fingerprint density at radius 2 is 1.79 bits per heavy atom. The Bertz CT molecular complexity index is 882. The van der Waals surface area contributed by atoms with Gasteiger partial charge in [0.15, 0.2) is 23.0 Å². The summed E-state index contributed by atoms with van der Waals surface area (Å²) in [6, 6.07) is 0. The van der Waals surface area contributed by atoms with Crippen LogP contribution < -0.4 is 0 Å². The molecule has 3 saturated carbocycles. The maximum atomic E-state index is 13.1. The van der Waals surface area contributed by atoms with Crippen molar-refractivity contribution in [2.45, 2.75) is 71.8 Å². The number of ether oxygens (including phenoxy) is 1. The first-order valence-corrected chi connectivity index (χ1v) is 10.6. The van der Waals surface area contributed by atoms with E-state index in [0.717, 1.165) is 12.8 Å². The number of Topliss-reactive ketones (excluding diaryl/α,β-unsaturated/α-hetero) is 2. The highest BCUT2D eigenvalue weighted by molar-refractivity contribution is 6.06. The molecule has 0 radical (unpaired) electrons. The summed E-state index contributed by atoms with van der Waals surface area (Å²) in [7, 11) is 0. The zero-order valence-electron chi connectivity index (χ0n) is 17.8. The lowest BCUT2D eigenvalue weighted by Gasteiger charge is -2.58. The van der Waals surface area contributed by atoms with E-state index in [0.29, 0.717) is 36.8 Å². The maximum Gasteiger partial charge on any atom is 0.303 e. The summed E-state index contributed by atoms with van der Waals surface area (Å²) in [5, 5.41) is 0. The number of esters is 1. The standard InChI is InChI=1S/C24H30O5/c1-13-10-19-17-12-21(28)20-11-16(27)6-8-22(20,4)18(17)7-9-23(19,5)24(13,14(2)25)29-15(3)26/h11,17-19H,1,6-10,12H2,2-5H3. The molecule has 0 aromatic heterocycles. The zero-order valence-corrected chi connectivity index (χ0v) is 17.8. The largest absolute Gasteiger partial charge is 0.446 e. The Morgan fingerprint density at radius 3 is 2.41 bits per heavy atom. The van der Waals surface area contributed by atoms with Gasteiger partial charge < -0.3 is 4.74 Å². The van der Waals surface area contributed by atoms with Gasteiger partial charge in [-0.1, -0.05) is 20.4 Å².